The molecule has 0 saturated heterocycles. The molecule has 2 heterocycles. The molecule has 0 bridgehead atoms. The molecule has 134 valence electrons. The Kier molecular flexibility index (Phi) is 5.47. The summed E-state index contributed by atoms with van der Waals surface area (Å²) in [7, 11) is 0. The number of imide groups is 1. The van der Waals surface area contributed by atoms with Gasteiger partial charge >= 0.3 is 6.03 Å². The fourth-order valence-electron chi connectivity index (χ4n) is 2.29. The van der Waals surface area contributed by atoms with E-state index >= 15 is 0 Å². The molecule has 3 amide bonds. The van der Waals surface area contributed by atoms with Crippen molar-refractivity contribution in [2.45, 2.75) is 24.9 Å². The van der Waals surface area contributed by atoms with E-state index in [-0.39, 0.29) is 11.8 Å². The van der Waals surface area contributed by atoms with Gasteiger partial charge in [0.2, 0.25) is 5.91 Å². The van der Waals surface area contributed by atoms with Gasteiger partial charge in [-0.25, -0.2) is 19.4 Å². The third-order valence-electron chi connectivity index (χ3n) is 3.34. The molecule has 0 atom stereocenters. The van der Waals surface area contributed by atoms with E-state index < -0.39 is 11.9 Å². The van der Waals surface area contributed by atoms with Gasteiger partial charge in [-0.05, 0) is 26.0 Å². The third-order valence-corrected chi connectivity index (χ3v) is 4.35. The lowest BCUT2D eigenvalue weighted by molar-refractivity contribution is -0.117. The van der Waals surface area contributed by atoms with Crippen molar-refractivity contribution in [3.8, 4) is 5.69 Å². The van der Waals surface area contributed by atoms with Crippen LogP contribution in [0.2, 0.25) is 0 Å². The molecule has 2 aromatic heterocycles. The summed E-state index contributed by atoms with van der Waals surface area (Å²) in [6.07, 6.45) is 3.11. The summed E-state index contributed by atoms with van der Waals surface area (Å²) in [4.78, 5) is 32.0. The lowest BCUT2D eigenvalue weighted by atomic mass is 10.3. The normalized spacial score (nSPS) is 10.9. The quantitative estimate of drug-likeness (QED) is 0.527. The number of hydrogen-bond acceptors (Lipinski definition) is 6. The van der Waals surface area contributed by atoms with Gasteiger partial charge in [0.25, 0.3) is 0 Å². The van der Waals surface area contributed by atoms with Crippen LogP contribution in [-0.4, -0.2) is 43.5 Å². The number of carbonyl (C=O) groups is 2. The van der Waals surface area contributed by atoms with Crippen LogP contribution in [0.1, 0.15) is 13.8 Å². The summed E-state index contributed by atoms with van der Waals surface area (Å²) in [6.45, 7) is 3.64. The molecular weight excluding hydrogens is 352 g/mol. The zero-order chi connectivity index (χ0) is 18.5. The minimum absolute atomic E-state index is 0.0410. The molecule has 0 saturated carbocycles. The Balaban J connectivity index is 1.72. The Morgan fingerprint density at radius 2 is 1.96 bits per heavy atom. The number of fused-ring (bicyclic) bond motifs is 1. The lowest BCUT2D eigenvalue weighted by Crippen LogP contribution is -2.43. The molecule has 9 heteroatoms. The van der Waals surface area contributed by atoms with Gasteiger partial charge in [0.15, 0.2) is 5.65 Å². The maximum atomic E-state index is 11.9. The second kappa shape index (κ2) is 7.96. The van der Waals surface area contributed by atoms with Crippen LogP contribution < -0.4 is 10.6 Å². The van der Waals surface area contributed by atoms with Crippen LogP contribution in [0, 0.1) is 0 Å². The minimum atomic E-state index is -0.504. The summed E-state index contributed by atoms with van der Waals surface area (Å²) in [5, 5.41) is 10.6. The van der Waals surface area contributed by atoms with Gasteiger partial charge < -0.3 is 5.32 Å². The molecule has 0 unspecified atom stereocenters. The number of thioether (sulfide) groups is 1. The van der Waals surface area contributed by atoms with Gasteiger partial charge in [-0.3, -0.25) is 10.1 Å². The number of carbonyl (C=O) groups excluding carboxylic acids is 2. The van der Waals surface area contributed by atoms with E-state index in [9.17, 15) is 9.59 Å². The standard InChI is InChI=1S/C17H18N6O2S/c1-11(2)21-17(25)22-14(24)9-26-16-13-8-20-23(15(13)18-10-19-16)12-6-4-3-5-7-12/h3-8,10-11H,9H2,1-2H3,(H2,21,22,24,25). The number of urea groups is 1. The van der Waals surface area contributed by atoms with Crippen molar-refractivity contribution in [2.75, 3.05) is 5.75 Å². The van der Waals surface area contributed by atoms with Crippen LogP contribution in [0.25, 0.3) is 16.7 Å². The van der Waals surface area contributed by atoms with Gasteiger partial charge in [-0.2, -0.15) is 5.10 Å². The summed E-state index contributed by atoms with van der Waals surface area (Å²) >= 11 is 1.23. The molecule has 0 aliphatic heterocycles. The van der Waals surface area contributed by atoms with E-state index in [1.165, 1.54) is 18.1 Å². The second-order valence-corrected chi connectivity index (χ2v) is 6.74. The molecule has 0 aliphatic carbocycles. The Labute approximate surface area is 154 Å². The SMILES string of the molecule is CC(C)NC(=O)NC(=O)CSc1ncnc2c1cnn2-c1ccccc1. The number of nitrogens with one attached hydrogen (secondary N) is 2. The number of amides is 3. The van der Waals surface area contributed by atoms with Crippen molar-refractivity contribution in [3.05, 3.63) is 42.9 Å². The number of nitrogens with zero attached hydrogens (tertiary/aromatic N) is 4. The topological polar surface area (TPSA) is 102 Å². The van der Waals surface area contributed by atoms with Crippen molar-refractivity contribution in [2.24, 2.45) is 0 Å². The highest BCUT2D eigenvalue weighted by Crippen LogP contribution is 2.25. The maximum Gasteiger partial charge on any atom is 0.321 e. The van der Waals surface area contributed by atoms with Crippen molar-refractivity contribution in [1.29, 1.82) is 0 Å². The Morgan fingerprint density at radius 1 is 1.19 bits per heavy atom. The van der Waals surface area contributed by atoms with Gasteiger partial charge in [-0.1, -0.05) is 30.0 Å². The molecule has 3 aromatic rings. The lowest BCUT2D eigenvalue weighted by Gasteiger charge is -2.09. The summed E-state index contributed by atoms with van der Waals surface area (Å²) < 4.78 is 1.72. The van der Waals surface area contributed by atoms with E-state index in [4.69, 9.17) is 0 Å². The van der Waals surface area contributed by atoms with Gasteiger partial charge in [0.05, 0.1) is 23.0 Å². The first-order valence-corrected chi connectivity index (χ1v) is 9.00. The average Bonchev–Trinajstić information content (AvgIpc) is 3.04. The van der Waals surface area contributed by atoms with Gasteiger partial charge in [-0.15, -0.1) is 0 Å². The molecule has 0 radical (unpaired) electrons. The third kappa shape index (κ3) is 4.17. The fraction of sp³-hybridized carbons (Fsp3) is 0.235. The highest BCUT2D eigenvalue weighted by Gasteiger charge is 2.14. The largest absolute Gasteiger partial charge is 0.336 e. The van der Waals surface area contributed by atoms with E-state index in [1.54, 1.807) is 10.9 Å². The average molecular weight is 370 g/mol. The van der Waals surface area contributed by atoms with Crippen LogP contribution in [0.3, 0.4) is 0 Å². The Morgan fingerprint density at radius 3 is 2.69 bits per heavy atom. The monoisotopic (exact) mass is 370 g/mol. The molecule has 1 aromatic carbocycles. The Hall–Kier alpha value is -2.94. The van der Waals surface area contributed by atoms with Crippen LogP contribution in [-0.2, 0) is 4.79 Å². The molecule has 26 heavy (non-hydrogen) atoms. The molecule has 0 spiro atoms. The highest BCUT2D eigenvalue weighted by molar-refractivity contribution is 8.00. The zero-order valence-corrected chi connectivity index (χ0v) is 15.2. The second-order valence-electron chi connectivity index (χ2n) is 5.77. The summed E-state index contributed by atoms with van der Waals surface area (Å²) in [6, 6.07) is 9.10. The first-order valence-electron chi connectivity index (χ1n) is 8.02. The number of para-hydroxylation sites is 1. The van der Waals surface area contributed by atoms with Crippen LogP contribution >= 0.6 is 11.8 Å². The minimum Gasteiger partial charge on any atom is -0.336 e. The fourth-order valence-corrected chi connectivity index (χ4v) is 3.05. The van der Waals surface area contributed by atoms with Crippen molar-refractivity contribution in [1.82, 2.24) is 30.4 Å². The molecule has 3 rings (SSSR count). The van der Waals surface area contributed by atoms with Crippen LogP contribution in [0.15, 0.2) is 47.9 Å². The molecule has 8 nitrogen and oxygen atoms in total. The highest BCUT2D eigenvalue weighted by atomic mass is 32.2. The van der Waals surface area contributed by atoms with Crippen molar-refractivity contribution >= 4 is 34.7 Å². The zero-order valence-electron chi connectivity index (χ0n) is 14.3. The molecule has 2 N–H and O–H groups in total. The van der Waals surface area contributed by atoms with Crippen LogP contribution in [0.4, 0.5) is 4.79 Å². The van der Waals surface area contributed by atoms with Crippen molar-refractivity contribution in [3.63, 3.8) is 0 Å². The van der Waals surface area contributed by atoms with E-state index in [2.05, 4.69) is 25.7 Å². The van der Waals surface area contributed by atoms with E-state index in [1.807, 2.05) is 44.2 Å². The molecule has 0 aliphatic rings. The summed E-state index contributed by atoms with van der Waals surface area (Å²) in [5.41, 5.74) is 1.55. The maximum absolute atomic E-state index is 11.9. The number of hydrogen-bond donors (Lipinski definition) is 2. The number of rotatable bonds is 5. The van der Waals surface area contributed by atoms with E-state index in [0.717, 1.165) is 11.1 Å². The Bertz CT molecular complexity index is 925. The molecular formula is C17H18N6O2S. The first-order chi connectivity index (χ1) is 12.5. The predicted molar refractivity (Wildman–Crippen MR) is 99.2 cm³/mol. The van der Waals surface area contributed by atoms with E-state index in [0.29, 0.717) is 10.7 Å². The van der Waals surface area contributed by atoms with Crippen molar-refractivity contribution < 1.29 is 9.59 Å². The van der Waals surface area contributed by atoms with Gasteiger partial charge in [0, 0.05) is 6.04 Å². The molecule has 0 fully saturated rings. The summed E-state index contributed by atoms with van der Waals surface area (Å²) in [5.74, 6) is -0.330. The van der Waals surface area contributed by atoms with Gasteiger partial charge in [0.1, 0.15) is 11.4 Å². The number of aromatic nitrogens is 4. The first kappa shape index (κ1) is 17.9. The number of benzene rings is 1. The predicted octanol–water partition coefficient (Wildman–Crippen LogP) is 2.14. The smallest absolute Gasteiger partial charge is 0.321 e. The van der Waals surface area contributed by atoms with Crippen LogP contribution in [0.5, 0.6) is 0 Å².